The van der Waals surface area contributed by atoms with Crippen molar-refractivity contribution in [2.45, 2.75) is 52.7 Å². The highest BCUT2D eigenvalue weighted by Crippen LogP contribution is 2.66. The summed E-state index contributed by atoms with van der Waals surface area (Å²) >= 11 is 0. The van der Waals surface area contributed by atoms with Crippen molar-refractivity contribution in [3.05, 3.63) is 18.1 Å². The van der Waals surface area contributed by atoms with Crippen LogP contribution >= 0.6 is 0 Å². The molecule has 0 aromatic carbocycles. The van der Waals surface area contributed by atoms with Gasteiger partial charge in [0.25, 0.3) is 0 Å². The van der Waals surface area contributed by atoms with Crippen LogP contribution in [0.3, 0.4) is 0 Å². The number of nitrogens with one attached hydrogen (secondary N) is 1. The minimum Gasteiger partial charge on any atom is -0.473 e. The first-order valence-corrected chi connectivity index (χ1v) is 7.59. The van der Waals surface area contributed by atoms with Gasteiger partial charge in [0.05, 0.1) is 11.9 Å². The number of ether oxygens (including phenoxy) is 1. The second-order valence-corrected chi connectivity index (χ2v) is 7.10. The molecule has 1 heterocycles. The third-order valence-electron chi connectivity index (χ3n) is 6.00. The Balaban J connectivity index is 1.78. The van der Waals surface area contributed by atoms with Crippen LogP contribution in [0.25, 0.3) is 0 Å². The molecular formula is C16H25N3O. The molecule has 1 aromatic heterocycles. The minimum atomic E-state index is 0.262. The highest BCUT2D eigenvalue weighted by molar-refractivity contribution is 5.15. The summed E-state index contributed by atoms with van der Waals surface area (Å²) in [5.41, 5.74) is 1.56. The molecule has 3 rings (SSSR count). The summed E-state index contributed by atoms with van der Waals surface area (Å²) in [5, 5.41) is 3.09. The van der Waals surface area contributed by atoms with E-state index in [1.165, 1.54) is 12.8 Å². The zero-order valence-corrected chi connectivity index (χ0v) is 12.9. The van der Waals surface area contributed by atoms with Crippen LogP contribution in [0.15, 0.2) is 12.4 Å². The zero-order chi connectivity index (χ0) is 14.4. The van der Waals surface area contributed by atoms with Crippen LogP contribution in [0.2, 0.25) is 0 Å². The fourth-order valence-corrected chi connectivity index (χ4v) is 4.16. The molecule has 3 unspecified atom stereocenters. The SMILES string of the molecule is CNCc1cncc(OC2CC3CCC2(C)C3(C)C)n1. The first-order chi connectivity index (χ1) is 9.47. The Kier molecular flexibility index (Phi) is 3.24. The summed E-state index contributed by atoms with van der Waals surface area (Å²) in [6.07, 6.45) is 7.56. The third kappa shape index (κ3) is 1.93. The first-order valence-electron chi connectivity index (χ1n) is 7.59. The van der Waals surface area contributed by atoms with E-state index in [0.29, 0.717) is 11.3 Å². The molecule has 0 amide bonds. The number of fused-ring (bicyclic) bond motifs is 2. The average molecular weight is 275 g/mol. The molecule has 2 aliphatic rings. The molecule has 2 fully saturated rings. The van der Waals surface area contributed by atoms with Crippen LogP contribution < -0.4 is 10.1 Å². The standard InChI is InChI=1S/C16H25N3O/c1-15(2)11-5-6-16(15,3)13(7-11)20-14-10-18-9-12(19-14)8-17-4/h9-11,13,17H,5-8H2,1-4H3. The smallest absolute Gasteiger partial charge is 0.232 e. The van der Waals surface area contributed by atoms with Gasteiger partial charge in [-0.2, -0.15) is 0 Å². The third-order valence-corrected chi connectivity index (χ3v) is 6.00. The number of hydrogen-bond donors (Lipinski definition) is 1. The Bertz CT molecular complexity index is 502. The molecule has 0 aliphatic heterocycles. The van der Waals surface area contributed by atoms with Crippen LogP contribution in [0.4, 0.5) is 0 Å². The van der Waals surface area contributed by atoms with E-state index in [-0.39, 0.29) is 11.5 Å². The lowest BCUT2D eigenvalue weighted by Gasteiger charge is -2.38. The van der Waals surface area contributed by atoms with Gasteiger partial charge >= 0.3 is 0 Å². The van der Waals surface area contributed by atoms with Gasteiger partial charge in [0.15, 0.2) is 0 Å². The van der Waals surface area contributed by atoms with E-state index in [1.54, 1.807) is 12.4 Å². The van der Waals surface area contributed by atoms with Gasteiger partial charge in [0.1, 0.15) is 6.10 Å². The molecule has 110 valence electrons. The van der Waals surface area contributed by atoms with Crippen molar-refractivity contribution in [3.63, 3.8) is 0 Å². The lowest BCUT2D eigenvalue weighted by Crippen LogP contribution is -2.39. The predicted octanol–water partition coefficient (Wildman–Crippen LogP) is 2.79. The highest BCUT2D eigenvalue weighted by Gasteiger charge is 2.62. The summed E-state index contributed by atoms with van der Waals surface area (Å²) in [6.45, 7) is 7.91. The van der Waals surface area contributed by atoms with Gasteiger partial charge in [-0.3, -0.25) is 4.98 Å². The van der Waals surface area contributed by atoms with Gasteiger partial charge in [-0.05, 0) is 37.6 Å². The number of aromatic nitrogens is 2. The van der Waals surface area contributed by atoms with Crippen molar-refractivity contribution < 1.29 is 4.74 Å². The minimum absolute atomic E-state index is 0.262. The van der Waals surface area contributed by atoms with Crippen molar-refractivity contribution in [1.29, 1.82) is 0 Å². The summed E-state index contributed by atoms with van der Waals surface area (Å²) in [7, 11) is 1.91. The fourth-order valence-electron chi connectivity index (χ4n) is 4.16. The van der Waals surface area contributed by atoms with Crippen LogP contribution in [0.5, 0.6) is 5.88 Å². The van der Waals surface area contributed by atoms with E-state index >= 15 is 0 Å². The molecule has 1 aromatic rings. The largest absolute Gasteiger partial charge is 0.473 e. The monoisotopic (exact) mass is 275 g/mol. The van der Waals surface area contributed by atoms with Gasteiger partial charge < -0.3 is 10.1 Å². The Morgan fingerprint density at radius 1 is 1.35 bits per heavy atom. The Morgan fingerprint density at radius 2 is 2.15 bits per heavy atom. The van der Waals surface area contributed by atoms with Gasteiger partial charge in [0.2, 0.25) is 5.88 Å². The van der Waals surface area contributed by atoms with Crippen molar-refractivity contribution in [1.82, 2.24) is 15.3 Å². The van der Waals surface area contributed by atoms with Crippen molar-refractivity contribution in [2.75, 3.05) is 7.05 Å². The number of hydrogen-bond acceptors (Lipinski definition) is 4. The molecular weight excluding hydrogens is 250 g/mol. The Morgan fingerprint density at radius 3 is 2.75 bits per heavy atom. The summed E-state index contributed by atoms with van der Waals surface area (Å²) in [6, 6.07) is 0. The quantitative estimate of drug-likeness (QED) is 0.918. The maximum atomic E-state index is 6.23. The maximum absolute atomic E-state index is 6.23. The Labute approximate surface area is 121 Å². The molecule has 20 heavy (non-hydrogen) atoms. The van der Waals surface area contributed by atoms with E-state index in [2.05, 4.69) is 36.1 Å². The number of rotatable bonds is 4. The molecule has 4 heteroatoms. The van der Waals surface area contributed by atoms with E-state index in [1.807, 2.05) is 7.05 Å². The highest BCUT2D eigenvalue weighted by atomic mass is 16.5. The van der Waals surface area contributed by atoms with E-state index in [0.717, 1.165) is 24.6 Å². The van der Waals surface area contributed by atoms with Crippen LogP contribution in [-0.2, 0) is 6.54 Å². The molecule has 0 spiro atoms. The van der Waals surface area contributed by atoms with Gasteiger partial charge in [-0.25, -0.2) is 4.98 Å². The molecule has 0 radical (unpaired) electrons. The normalized spacial score (nSPS) is 34.4. The summed E-state index contributed by atoms with van der Waals surface area (Å²) < 4.78 is 6.23. The zero-order valence-electron chi connectivity index (χ0n) is 12.9. The fraction of sp³-hybridized carbons (Fsp3) is 0.750. The van der Waals surface area contributed by atoms with Crippen LogP contribution in [0.1, 0.15) is 45.7 Å². The second kappa shape index (κ2) is 4.69. The van der Waals surface area contributed by atoms with Gasteiger partial charge in [-0.15, -0.1) is 0 Å². The van der Waals surface area contributed by atoms with E-state index in [9.17, 15) is 0 Å². The number of nitrogens with zero attached hydrogens (tertiary/aromatic N) is 2. The molecule has 2 bridgehead atoms. The van der Waals surface area contributed by atoms with Gasteiger partial charge in [0, 0.05) is 18.2 Å². The molecule has 1 N–H and O–H groups in total. The molecule has 2 aliphatic carbocycles. The molecule has 0 saturated heterocycles. The van der Waals surface area contributed by atoms with E-state index < -0.39 is 0 Å². The van der Waals surface area contributed by atoms with Crippen molar-refractivity contribution in [3.8, 4) is 5.88 Å². The predicted molar refractivity (Wildman–Crippen MR) is 78.4 cm³/mol. The lowest BCUT2D eigenvalue weighted by atomic mass is 9.70. The first kappa shape index (κ1) is 13.8. The maximum Gasteiger partial charge on any atom is 0.232 e. The van der Waals surface area contributed by atoms with Gasteiger partial charge in [-0.1, -0.05) is 20.8 Å². The topological polar surface area (TPSA) is 47.0 Å². The van der Waals surface area contributed by atoms with Crippen molar-refractivity contribution >= 4 is 0 Å². The summed E-state index contributed by atoms with van der Waals surface area (Å²) in [5.74, 6) is 1.46. The average Bonchev–Trinajstić information content (AvgIpc) is 2.73. The molecule has 2 saturated carbocycles. The molecule has 3 atom stereocenters. The lowest BCUT2D eigenvalue weighted by molar-refractivity contribution is 0.0269. The van der Waals surface area contributed by atoms with Crippen LogP contribution in [0, 0.1) is 16.7 Å². The Hall–Kier alpha value is -1.16. The van der Waals surface area contributed by atoms with Crippen LogP contribution in [-0.4, -0.2) is 23.1 Å². The summed E-state index contributed by atoms with van der Waals surface area (Å²) in [4.78, 5) is 8.78. The molecule has 4 nitrogen and oxygen atoms in total. The second-order valence-electron chi connectivity index (χ2n) is 7.10. The van der Waals surface area contributed by atoms with E-state index in [4.69, 9.17) is 4.74 Å². The van der Waals surface area contributed by atoms with Crippen molar-refractivity contribution in [2.24, 2.45) is 16.7 Å².